The van der Waals surface area contributed by atoms with Gasteiger partial charge in [0.15, 0.2) is 5.82 Å². The quantitative estimate of drug-likeness (QED) is 0.778. The second kappa shape index (κ2) is 6.84. The molecule has 0 spiro atoms. The fraction of sp³-hybridized carbons (Fsp3) is 0.818. The Morgan fingerprint density at radius 1 is 1.39 bits per heavy atom. The minimum absolute atomic E-state index is 0.162. The predicted molar refractivity (Wildman–Crippen MR) is 70.6 cm³/mol. The van der Waals surface area contributed by atoms with Crippen LogP contribution in [0.4, 0.5) is 0 Å². The zero-order valence-corrected chi connectivity index (χ0v) is 12.1. The number of aryl methyl sites for hydroxylation is 1. The molecule has 1 aromatic heterocycles. The van der Waals surface area contributed by atoms with Crippen LogP contribution >= 0.6 is 0 Å². The highest BCUT2D eigenvalue weighted by Crippen LogP contribution is 2.11. The molecule has 0 aliphatic carbocycles. The van der Waals surface area contributed by atoms with E-state index in [0.717, 1.165) is 19.4 Å². The Bertz CT molecular complexity index is 455. The first kappa shape index (κ1) is 15.1. The van der Waals surface area contributed by atoms with E-state index in [1.54, 1.807) is 13.3 Å². The van der Waals surface area contributed by atoms with E-state index < -0.39 is 10.0 Å². The highest BCUT2D eigenvalue weighted by Gasteiger charge is 2.19. The smallest absolute Gasteiger partial charge is 0.212 e. The highest BCUT2D eigenvalue weighted by molar-refractivity contribution is 7.89. The molecule has 1 unspecified atom stereocenters. The summed E-state index contributed by atoms with van der Waals surface area (Å²) in [4.78, 5) is 0. The van der Waals surface area contributed by atoms with Gasteiger partial charge in [0.05, 0.1) is 11.8 Å². The standard InChI is InChI=1S/C11H22N4O2S/c1-4-6-8-18(16,17)14-10(3)11-13-12-9-15(11)7-5-2/h9-10,14H,4-8H2,1-3H3. The number of hydrogen-bond acceptors (Lipinski definition) is 4. The third kappa shape index (κ3) is 4.38. The fourth-order valence-electron chi connectivity index (χ4n) is 1.73. The van der Waals surface area contributed by atoms with Crippen LogP contribution in [-0.4, -0.2) is 28.9 Å². The summed E-state index contributed by atoms with van der Waals surface area (Å²) in [5, 5.41) is 7.82. The molecule has 0 bridgehead atoms. The van der Waals surface area contributed by atoms with Gasteiger partial charge in [0.2, 0.25) is 10.0 Å². The van der Waals surface area contributed by atoms with Crippen molar-refractivity contribution in [2.75, 3.05) is 5.75 Å². The zero-order valence-electron chi connectivity index (χ0n) is 11.3. The molecule has 7 heteroatoms. The van der Waals surface area contributed by atoms with Crippen LogP contribution in [0.15, 0.2) is 6.33 Å². The van der Waals surface area contributed by atoms with Crippen molar-refractivity contribution >= 4 is 10.0 Å². The third-order valence-corrected chi connectivity index (χ3v) is 4.16. The Morgan fingerprint density at radius 3 is 2.72 bits per heavy atom. The molecule has 1 rings (SSSR count). The van der Waals surface area contributed by atoms with Crippen LogP contribution in [0, 0.1) is 0 Å². The van der Waals surface area contributed by atoms with E-state index in [-0.39, 0.29) is 11.8 Å². The molecule has 1 aromatic rings. The highest BCUT2D eigenvalue weighted by atomic mass is 32.2. The van der Waals surface area contributed by atoms with E-state index in [9.17, 15) is 8.42 Å². The van der Waals surface area contributed by atoms with Crippen LogP contribution in [-0.2, 0) is 16.6 Å². The topological polar surface area (TPSA) is 76.9 Å². The lowest BCUT2D eigenvalue weighted by molar-refractivity contribution is 0.537. The second-order valence-electron chi connectivity index (χ2n) is 4.39. The minimum atomic E-state index is -3.23. The average molecular weight is 274 g/mol. The molecule has 0 saturated carbocycles. The van der Waals surface area contributed by atoms with E-state index >= 15 is 0 Å². The molecular formula is C11H22N4O2S. The molecule has 1 N–H and O–H groups in total. The number of sulfonamides is 1. The largest absolute Gasteiger partial charge is 0.316 e. The molecular weight excluding hydrogens is 252 g/mol. The molecule has 18 heavy (non-hydrogen) atoms. The number of nitrogens with one attached hydrogen (secondary N) is 1. The van der Waals surface area contributed by atoms with Crippen molar-refractivity contribution in [2.24, 2.45) is 0 Å². The van der Waals surface area contributed by atoms with E-state index in [2.05, 4.69) is 21.8 Å². The van der Waals surface area contributed by atoms with Crippen LogP contribution in [0.3, 0.4) is 0 Å². The van der Waals surface area contributed by atoms with Crippen LogP contribution in [0.25, 0.3) is 0 Å². The molecule has 0 fully saturated rings. The van der Waals surface area contributed by atoms with Crippen molar-refractivity contribution in [3.05, 3.63) is 12.2 Å². The lowest BCUT2D eigenvalue weighted by atomic mass is 10.3. The number of nitrogens with zero attached hydrogens (tertiary/aromatic N) is 3. The third-order valence-electron chi connectivity index (χ3n) is 2.62. The summed E-state index contributed by atoms with van der Waals surface area (Å²) in [6.07, 6.45) is 4.13. The molecule has 0 saturated heterocycles. The lowest BCUT2D eigenvalue weighted by Gasteiger charge is -2.14. The molecule has 0 aliphatic rings. The Labute approximate surface area is 109 Å². The van der Waals surface area contributed by atoms with Crippen LogP contribution in [0.5, 0.6) is 0 Å². The van der Waals surface area contributed by atoms with Gasteiger partial charge in [-0.1, -0.05) is 20.3 Å². The maximum atomic E-state index is 11.8. The van der Waals surface area contributed by atoms with Crippen molar-refractivity contribution in [3.8, 4) is 0 Å². The SMILES string of the molecule is CCCCS(=O)(=O)NC(C)c1nncn1CCC. The molecule has 1 heterocycles. The fourth-order valence-corrected chi connectivity index (χ4v) is 3.16. The molecule has 104 valence electrons. The normalized spacial score (nSPS) is 13.7. The Hall–Kier alpha value is -0.950. The Kier molecular flexibility index (Phi) is 5.74. The molecule has 0 amide bonds. The monoisotopic (exact) mass is 274 g/mol. The van der Waals surface area contributed by atoms with Gasteiger partial charge in [-0.15, -0.1) is 10.2 Å². The Morgan fingerprint density at radius 2 is 2.11 bits per heavy atom. The molecule has 0 aliphatic heterocycles. The van der Waals surface area contributed by atoms with Gasteiger partial charge in [-0.25, -0.2) is 13.1 Å². The van der Waals surface area contributed by atoms with Gasteiger partial charge in [0.25, 0.3) is 0 Å². The van der Waals surface area contributed by atoms with E-state index in [1.807, 2.05) is 11.5 Å². The number of unbranched alkanes of at least 4 members (excludes halogenated alkanes) is 1. The lowest BCUT2D eigenvalue weighted by Crippen LogP contribution is -2.30. The summed E-state index contributed by atoms with van der Waals surface area (Å²) >= 11 is 0. The van der Waals surface area contributed by atoms with E-state index in [0.29, 0.717) is 12.2 Å². The number of rotatable bonds is 8. The van der Waals surface area contributed by atoms with E-state index in [1.165, 1.54) is 0 Å². The first-order valence-corrected chi connectivity index (χ1v) is 8.03. The van der Waals surface area contributed by atoms with Gasteiger partial charge in [0, 0.05) is 6.54 Å². The second-order valence-corrected chi connectivity index (χ2v) is 6.27. The van der Waals surface area contributed by atoms with Gasteiger partial charge in [-0.3, -0.25) is 0 Å². The minimum Gasteiger partial charge on any atom is -0.316 e. The van der Waals surface area contributed by atoms with Crippen molar-refractivity contribution in [2.45, 2.75) is 52.6 Å². The molecule has 1 atom stereocenters. The summed E-state index contributed by atoms with van der Waals surface area (Å²) in [5.41, 5.74) is 0. The maximum Gasteiger partial charge on any atom is 0.212 e. The van der Waals surface area contributed by atoms with E-state index in [4.69, 9.17) is 0 Å². The summed E-state index contributed by atoms with van der Waals surface area (Å²) in [6.45, 7) is 6.61. The van der Waals surface area contributed by atoms with Crippen molar-refractivity contribution < 1.29 is 8.42 Å². The predicted octanol–water partition coefficient (Wildman–Crippen LogP) is 1.47. The summed E-state index contributed by atoms with van der Waals surface area (Å²) in [5.74, 6) is 0.826. The van der Waals surface area contributed by atoms with Crippen molar-refractivity contribution in [3.63, 3.8) is 0 Å². The van der Waals surface area contributed by atoms with Crippen molar-refractivity contribution in [1.29, 1.82) is 0 Å². The van der Waals surface area contributed by atoms with Gasteiger partial charge in [-0.05, 0) is 19.8 Å². The molecule has 0 radical (unpaired) electrons. The van der Waals surface area contributed by atoms with Gasteiger partial charge in [0.1, 0.15) is 6.33 Å². The van der Waals surface area contributed by atoms with Gasteiger partial charge < -0.3 is 4.57 Å². The maximum absolute atomic E-state index is 11.8. The summed E-state index contributed by atoms with van der Waals surface area (Å²) < 4.78 is 28.1. The first-order chi connectivity index (χ1) is 8.50. The summed E-state index contributed by atoms with van der Waals surface area (Å²) in [6, 6.07) is -0.346. The average Bonchev–Trinajstić information content (AvgIpc) is 2.75. The number of hydrogen-bond donors (Lipinski definition) is 1. The summed E-state index contributed by atoms with van der Waals surface area (Å²) in [7, 11) is -3.23. The number of aromatic nitrogens is 3. The van der Waals surface area contributed by atoms with Crippen molar-refractivity contribution in [1.82, 2.24) is 19.5 Å². The van der Waals surface area contributed by atoms with Gasteiger partial charge >= 0.3 is 0 Å². The molecule has 6 nitrogen and oxygen atoms in total. The van der Waals surface area contributed by atoms with Gasteiger partial charge in [-0.2, -0.15) is 0 Å². The Balaban J connectivity index is 2.69. The van der Waals surface area contributed by atoms with Crippen LogP contribution < -0.4 is 4.72 Å². The van der Waals surface area contributed by atoms with Crippen LogP contribution in [0.2, 0.25) is 0 Å². The first-order valence-electron chi connectivity index (χ1n) is 6.37. The molecule has 0 aromatic carbocycles. The van der Waals surface area contributed by atoms with Crippen LogP contribution in [0.1, 0.15) is 51.9 Å². The zero-order chi connectivity index (χ0) is 13.6.